The number of nitrogens with one attached hydrogen (secondary N) is 1. The van der Waals surface area contributed by atoms with Gasteiger partial charge in [0.25, 0.3) is 5.79 Å². The van der Waals surface area contributed by atoms with E-state index in [1.54, 1.807) is 0 Å². The maximum Gasteiger partial charge on any atom is 0.371 e. The molecule has 2 unspecified atom stereocenters. The number of esters is 1. The standard InChI is InChI=1S/C11H17NO4.C4H10.C2H6/c1-8-7-11(16-12-8)9(13)14-10(15-11)5-3-2-4-6-10;1-4(2)3;1-2/h8,12H,2-7H2,1H3;4H,1-3H3;1-2H3. The van der Waals surface area contributed by atoms with E-state index >= 15 is 0 Å². The van der Waals surface area contributed by atoms with Crippen molar-refractivity contribution in [3.05, 3.63) is 0 Å². The molecule has 2 saturated heterocycles. The first kappa shape index (κ1) is 19.4. The molecule has 5 heteroatoms. The average molecular weight is 315 g/mol. The molecule has 3 aliphatic rings. The minimum atomic E-state index is -1.18. The van der Waals surface area contributed by atoms with E-state index in [4.69, 9.17) is 14.3 Å². The maximum absolute atomic E-state index is 11.9. The second-order valence-corrected chi connectivity index (χ2v) is 6.77. The van der Waals surface area contributed by atoms with Crippen molar-refractivity contribution in [3.63, 3.8) is 0 Å². The summed E-state index contributed by atoms with van der Waals surface area (Å²) in [5.41, 5.74) is 2.78. The van der Waals surface area contributed by atoms with E-state index in [9.17, 15) is 4.79 Å². The number of rotatable bonds is 0. The van der Waals surface area contributed by atoms with E-state index in [1.807, 2.05) is 20.8 Å². The van der Waals surface area contributed by atoms with Crippen LogP contribution >= 0.6 is 0 Å². The molecular weight excluding hydrogens is 282 g/mol. The number of hydrogen-bond acceptors (Lipinski definition) is 5. The molecule has 22 heavy (non-hydrogen) atoms. The van der Waals surface area contributed by atoms with Crippen molar-refractivity contribution in [2.75, 3.05) is 0 Å². The Labute approximate surface area is 135 Å². The Hall–Kier alpha value is -0.650. The lowest BCUT2D eigenvalue weighted by molar-refractivity contribution is -0.270. The van der Waals surface area contributed by atoms with Crippen molar-refractivity contribution < 1.29 is 19.1 Å². The molecule has 0 aromatic carbocycles. The van der Waals surface area contributed by atoms with Gasteiger partial charge in [0.15, 0.2) is 0 Å². The van der Waals surface area contributed by atoms with E-state index < -0.39 is 11.6 Å². The second-order valence-electron chi connectivity index (χ2n) is 6.77. The molecule has 0 aromatic heterocycles. The Morgan fingerprint density at radius 3 is 2.14 bits per heavy atom. The summed E-state index contributed by atoms with van der Waals surface area (Å²) < 4.78 is 11.3. The Morgan fingerprint density at radius 2 is 1.68 bits per heavy atom. The fraction of sp³-hybridized carbons (Fsp3) is 0.941. The summed E-state index contributed by atoms with van der Waals surface area (Å²) in [5.74, 6) is -1.43. The molecule has 2 spiro atoms. The van der Waals surface area contributed by atoms with Gasteiger partial charge in [0, 0.05) is 25.3 Å². The van der Waals surface area contributed by atoms with Crippen molar-refractivity contribution >= 4 is 5.97 Å². The Kier molecular flexibility index (Phi) is 7.29. The van der Waals surface area contributed by atoms with Crippen LogP contribution in [-0.2, 0) is 19.1 Å². The van der Waals surface area contributed by atoms with Crippen molar-refractivity contribution in [1.29, 1.82) is 0 Å². The molecule has 2 atom stereocenters. The van der Waals surface area contributed by atoms with Crippen LogP contribution in [0.1, 0.15) is 80.1 Å². The number of carbonyl (C=O) groups excluding carboxylic acids is 1. The number of ether oxygens (including phenoxy) is 2. The molecule has 1 aliphatic carbocycles. The van der Waals surface area contributed by atoms with Gasteiger partial charge in [-0.2, -0.15) is 5.48 Å². The monoisotopic (exact) mass is 315 g/mol. The van der Waals surface area contributed by atoms with Crippen LogP contribution in [0.3, 0.4) is 0 Å². The van der Waals surface area contributed by atoms with Gasteiger partial charge < -0.3 is 4.74 Å². The highest BCUT2D eigenvalue weighted by Gasteiger charge is 2.62. The largest absolute Gasteiger partial charge is 0.429 e. The van der Waals surface area contributed by atoms with Gasteiger partial charge in [-0.05, 0) is 25.7 Å². The summed E-state index contributed by atoms with van der Waals surface area (Å²) in [6, 6.07) is 0.117. The van der Waals surface area contributed by atoms with Crippen LogP contribution in [0, 0.1) is 5.92 Å². The first-order chi connectivity index (χ1) is 10.4. The zero-order valence-corrected chi connectivity index (χ0v) is 15.0. The Morgan fingerprint density at radius 1 is 1.14 bits per heavy atom. The molecule has 0 bridgehead atoms. The Balaban J connectivity index is 0.000000354. The first-order valence-electron chi connectivity index (χ1n) is 8.75. The topological polar surface area (TPSA) is 56.8 Å². The lowest BCUT2D eigenvalue weighted by atomic mass is 9.94. The third-order valence-electron chi connectivity index (χ3n) is 3.56. The predicted molar refractivity (Wildman–Crippen MR) is 85.9 cm³/mol. The fourth-order valence-corrected chi connectivity index (χ4v) is 2.77. The molecule has 2 heterocycles. The maximum atomic E-state index is 11.9. The van der Waals surface area contributed by atoms with E-state index in [-0.39, 0.29) is 12.0 Å². The van der Waals surface area contributed by atoms with Crippen molar-refractivity contribution in [1.82, 2.24) is 5.48 Å². The van der Waals surface area contributed by atoms with Gasteiger partial charge in [-0.15, -0.1) is 0 Å². The van der Waals surface area contributed by atoms with Gasteiger partial charge in [-0.3, -0.25) is 9.57 Å². The van der Waals surface area contributed by atoms with Gasteiger partial charge in [-0.25, -0.2) is 4.79 Å². The normalized spacial score (nSPS) is 32.3. The van der Waals surface area contributed by atoms with Crippen molar-refractivity contribution in [3.8, 4) is 0 Å². The van der Waals surface area contributed by atoms with Crippen LogP contribution in [0.2, 0.25) is 0 Å². The predicted octanol–water partition coefficient (Wildman–Crippen LogP) is 3.92. The van der Waals surface area contributed by atoms with Crippen LogP contribution < -0.4 is 5.48 Å². The quantitative estimate of drug-likeness (QED) is 0.687. The average Bonchev–Trinajstić information content (AvgIpc) is 2.94. The molecule has 1 N–H and O–H groups in total. The molecule has 3 fully saturated rings. The van der Waals surface area contributed by atoms with Gasteiger partial charge in [0.1, 0.15) is 0 Å². The van der Waals surface area contributed by atoms with E-state index in [0.717, 1.165) is 31.6 Å². The molecule has 3 rings (SSSR count). The van der Waals surface area contributed by atoms with Crippen LogP contribution in [0.15, 0.2) is 0 Å². The van der Waals surface area contributed by atoms with Crippen molar-refractivity contribution in [2.24, 2.45) is 5.92 Å². The summed E-state index contributed by atoms with van der Waals surface area (Å²) >= 11 is 0. The summed E-state index contributed by atoms with van der Waals surface area (Å²) in [6.07, 6.45) is 5.38. The van der Waals surface area contributed by atoms with E-state index in [0.29, 0.717) is 6.42 Å². The molecule has 0 radical (unpaired) electrons. The van der Waals surface area contributed by atoms with Crippen LogP contribution in [-0.4, -0.2) is 23.6 Å². The number of hydrogen-bond donors (Lipinski definition) is 1. The molecule has 2 aliphatic heterocycles. The summed E-state index contributed by atoms with van der Waals surface area (Å²) in [4.78, 5) is 17.2. The highest BCUT2D eigenvalue weighted by molar-refractivity contribution is 5.80. The van der Waals surface area contributed by atoms with Gasteiger partial charge in [0.2, 0.25) is 5.79 Å². The van der Waals surface area contributed by atoms with Crippen LogP contribution in [0.5, 0.6) is 0 Å². The zero-order chi connectivity index (χ0) is 16.8. The first-order valence-corrected chi connectivity index (χ1v) is 8.75. The summed E-state index contributed by atoms with van der Waals surface area (Å²) in [5, 5.41) is 0. The van der Waals surface area contributed by atoms with Crippen molar-refractivity contribution in [2.45, 2.75) is 97.7 Å². The zero-order valence-electron chi connectivity index (χ0n) is 15.0. The third kappa shape index (κ3) is 4.67. The third-order valence-corrected chi connectivity index (χ3v) is 3.56. The molecule has 0 amide bonds. The highest BCUT2D eigenvalue weighted by atomic mass is 16.9. The fourth-order valence-electron chi connectivity index (χ4n) is 2.77. The highest BCUT2D eigenvalue weighted by Crippen LogP contribution is 2.45. The van der Waals surface area contributed by atoms with E-state index in [1.165, 1.54) is 6.42 Å². The van der Waals surface area contributed by atoms with Gasteiger partial charge >= 0.3 is 5.97 Å². The molecule has 0 aromatic rings. The lowest BCUT2D eigenvalue weighted by Gasteiger charge is -2.31. The second kappa shape index (κ2) is 8.27. The van der Waals surface area contributed by atoms with Gasteiger partial charge in [-0.1, -0.05) is 41.0 Å². The summed E-state index contributed by atoms with van der Waals surface area (Å²) in [7, 11) is 0. The van der Waals surface area contributed by atoms with Crippen LogP contribution in [0.25, 0.3) is 0 Å². The van der Waals surface area contributed by atoms with E-state index in [2.05, 4.69) is 26.3 Å². The summed E-state index contributed by atoms with van der Waals surface area (Å²) in [6.45, 7) is 12.5. The SMILES string of the molecule is CC.CC(C)C.CC1CC2(ON1)OC1(CCCCC1)OC2=O. The molecule has 5 nitrogen and oxygen atoms in total. The smallest absolute Gasteiger partial charge is 0.371 e. The molecular formula is C17H33NO4. The minimum Gasteiger partial charge on any atom is -0.429 e. The van der Waals surface area contributed by atoms with Gasteiger partial charge in [0.05, 0.1) is 0 Å². The lowest BCUT2D eigenvalue weighted by Crippen LogP contribution is -2.39. The molecule has 130 valence electrons. The van der Waals surface area contributed by atoms with Crippen LogP contribution in [0.4, 0.5) is 0 Å². The number of carbonyl (C=O) groups is 1. The number of hydroxylamine groups is 1. The minimum absolute atomic E-state index is 0.117. The Bertz CT molecular complexity index is 350. The molecule has 1 saturated carbocycles.